The molecule has 2 aromatic heterocycles. The highest BCUT2D eigenvalue weighted by Gasteiger charge is 2.10. The van der Waals surface area contributed by atoms with Gasteiger partial charge in [0.1, 0.15) is 18.2 Å². The van der Waals surface area contributed by atoms with Gasteiger partial charge in [-0.25, -0.2) is 4.98 Å². The van der Waals surface area contributed by atoms with Gasteiger partial charge in [-0.15, -0.1) is 11.3 Å². The predicted molar refractivity (Wildman–Crippen MR) is 106 cm³/mol. The zero-order valence-electron chi connectivity index (χ0n) is 11.7. The van der Waals surface area contributed by atoms with E-state index in [9.17, 15) is 9.59 Å². The van der Waals surface area contributed by atoms with Crippen LogP contribution in [0.15, 0.2) is 41.5 Å². The van der Waals surface area contributed by atoms with Gasteiger partial charge in [0.05, 0.1) is 17.4 Å². The molecule has 0 radical (unpaired) electrons. The Labute approximate surface area is 163 Å². The fraction of sp³-hybridized carbons (Fsp3) is 0.133. The van der Waals surface area contributed by atoms with E-state index in [0.29, 0.717) is 7.14 Å². The number of rotatable bonds is 4. The Kier molecular flexibility index (Phi) is 5.31. The summed E-state index contributed by atoms with van der Waals surface area (Å²) in [6.45, 7) is 0.226. The Hall–Kier alpha value is -1.01. The molecule has 3 aromatic rings. The van der Waals surface area contributed by atoms with E-state index >= 15 is 0 Å². The highest BCUT2D eigenvalue weighted by Crippen LogP contribution is 2.22. The lowest BCUT2D eigenvalue weighted by Gasteiger charge is -2.07. The van der Waals surface area contributed by atoms with Crippen molar-refractivity contribution < 1.29 is 9.53 Å². The summed E-state index contributed by atoms with van der Waals surface area (Å²) in [6, 6.07) is 7.80. The van der Waals surface area contributed by atoms with Gasteiger partial charge in [0.25, 0.3) is 0 Å². The number of hydrogen-bond donors (Lipinski definition) is 0. The third-order valence-corrected chi connectivity index (χ3v) is 5.55. The maximum absolute atomic E-state index is 12.0. The molecule has 0 fully saturated rings. The second kappa shape index (κ2) is 7.26. The number of fused-ring (bicyclic) bond motifs is 1. The van der Waals surface area contributed by atoms with Gasteiger partial charge in [0.15, 0.2) is 0 Å². The van der Waals surface area contributed by atoms with Crippen molar-refractivity contribution in [3.63, 3.8) is 0 Å². The van der Waals surface area contributed by atoms with Crippen molar-refractivity contribution in [3.05, 3.63) is 59.0 Å². The van der Waals surface area contributed by atoms with Gasteiger partial charge in [-0.1, -0.05) is 12.1 Å². The molecule has 5 nitrogen and oxygen atoms in total. The van der Waals surface area contributed by atoms with Crippen LogP contribution in [0.25, 0.3) is 10.2 Å². The quantitative estimate of drug-likeness (QED) is 0.368. The molecule has 0 spiro atoms. The average Bonchev–Trinajstić information content (AvgIpc) is 2.93. The minimum absolute atomic E-state index is 0.0229. The molecule has 0 bridgehead atoms. The summed E-state index contributed by atoms with van der Waals surface area (Å²) in [4.78, 5) is 28.0. The second-order valence-corrected chi connectivity index (χ2v) is 8.13. The number of ether oxygens (including phenoxy) is 1. The lowest BCUT2D eigenvalue weighted by molar-refractivity contribution is -0.145. The molecule has 0 aliphatic heterocycles. The van der Waals surface area contributed by atoms with Crippen LogP contribution in [0, 0.1) is 7.14 Å². The number of esters is 1. The standard InChI is InChI=1S/C15H10I2N2O3S/c16-9-5-19(6-10(17)15(9)21)7-14(20)22-8-13-18-11-3-1-2-4-12(11)23-13/h1-6H,7-8H2. The predicted octanol–water partition coefficient (Wildman–Crippen LogP) is 3.41. The zero-order chi connectivity index (χ0) is 16.4. The van der Waals surface area contributed by atoms with E-state index in [1.165, 1.54) is 11.3 Å². The first-order valence-corrected chi connectivity index (χ1v) is 9.55. The second-order valence-electron chi connectivity index (χ2n) is 4.69. The molecule has 3 rings (SSSR count). The van der Waals surface area contributed by atoms with Gasteiger partial charge in [0, 0.05) is 12.4 Å². The molecule has 1 aromatic carbocycles. The summed E-state index contributed by atoms with van der Waals surface area (Å²) < 4.78 is 9.16. The van der Waals surface area contributed by atoms with E-state index in [1.807, 2.05) is 69.4 Å². The Bertz CT molecular complexity index is 877. The van der Waals surface area contributed by atoms with Crippen LogP contribution in [-0.2, 0) is 22.7 Å². The number of nitrogens with zero attached hydrogens (tertiary/aromatic N) is 2. The first kappa shape index (κ1) is 16.8. The molecule has 0 amide bonds. The highest BCUT2D eigenvalue weighted by atomic mass is 127. The van der Waals surface area contributed by atoms with Crippen LogP contribution in [0.3, 0.4) is 0 Å². The highest BCUT2D eigenvalue weighted by molar-refractivity contribution is 14.1. The normalized spacial score (nSPS) is 10.9. The number of carbonyl (C=O) groups excluding carboxylic acids is 1. The van der Waals surface area contributed by atoms with Gasteiger partial charge < -0.3 is 9.30 Å². The van der Waals surface area contributed by atoms with Gasteiger partial charge in [0.2, 0.25) is 5.43 Å². The third-order valence-electron chi connectivity index (χ3n) is 3.00. The maximum atomic E-state index is 12.0. The SMILES string of the molecule is O=C(Cn1cc(I)c(=O)c(I)c1)OCc1nc2ccccc2s1. The van der Waals surface area contributed by atoms with Crippen molar-refractivity contribution in [2.45, 2.75) is 13.2 Å². The van der Waals surface area contributed by atoms with Gasteiger partial charge in [-0.3, -0.25) is 9.59 Å². The van der Waals surface area contributed by atoms with Crippen molar-refractivity contribution in [2.75, 3.05) is 0 Å². The van der Waals surface area contributed by atoms with Crippen molar-refractivity contribution in [2.24, 2.45) is 0 Å². The Morgan fingerprint density at radius 3 is 2.61 bits per heavy atom. The molecule has 2 heterocycles. The Morgan fingerprint density at radius 2 is 1.91 bits per heavy atom. The molecule has 23 heavy (non-hydrogen) atoms. The van der Waals surface area contributed by atoms with Gasteiger partial charge in [-0.05, 0) is 57.3 Å². The monoisotopic (exact) mass is 552 g/mol. The fourth-order valence-corrected chi connectivity index (χ4v) is 4.66. The minimum atomic E-state index is -0.362. The number of hydrogen-bond acceptors (Lipinski definition) is 5. The molecule has 0 aliphatic rings. The Balaban J connectivity index is 1.64. The summed E-state index contributed by atoms with van der Waals surface area (Å²) in [7, 11) is 0. The third kappa shape index (κ3) is 4.10. The smallest absolute Gasteiger partial charge is 0.326 e. The van der Waals surface area contributed by atoms with Gasteiger partial charge >= 0.3 is 5.97 Å². The van der Waals surface area contributed by atoms with E-state index in [1.54, 1.807) is 17.0 Å². The number of para-hydroxylation sites is 1. The van der Waals surface area contributed by atoms with Crippen LogP contribution in [0.2, 0.25) is 0 Å². The molecular weight excluding hydrogens is 542 g/mol. The van der Waals surface area contributed by atoms with Crippen LogP contribution in [0.5, 0.6) is 0 Å². The lowest BCUT2D eigenvalue weighted by Crippen LogP contribution is -2.18. The summed E-state index contributed by atoms with van der Waals surface area (Å²) in [5, 5.41) is 0.767. The van der Waals surface area contributed by atoms with Crippen LogP contribution in [-0.4, -0.2) is 15.5 Å². The summed E-state index contributed by atoms with van der Waals surface area (Å²) in [5.74, 6) is -0.362. The Morgan fingerprint density at radius 1 is 1.22 bits per heavy atom. The number of carbonyl (C=O) groups is 1. The maximum Gasteiger partial charge on any atom is 0.326 e. The molecule has 8 heteroatoms. The van der Waals surface area contributed by atoms with E-state index < -0.39 is 0 Å². The topological polar surface area (TPSA) is 61.2 Å². The largest absolute Gasteiger partial charge is 0.457 e. The van der Waals surface area contributed by atoms with Crippen LogP contribution < -0.4 is 5.43 Å². The van der Waals surface area contributed by atoms with E-state index in [0.717, 1.165) is 15.2 Å². The first-order valence-electron chi connectivity index (χ1n) is 6.58. The number of thiazole rings is 1. The van der Waals surface area contributed by atoms with Crippen molar-refractivity contribution >= 4 is 72.7 Å². The molecule has 0 saturated carbocycles. The molecule has 0 saturated heterocycles. The summed E-state index contributed by atoms with van der Waals surface area (Å²) in [6.07, 6.45) is 3.29. The van der Waals surface area contributed by atoms with Gasteiger partial charge in [-0.2, -0.15) is 0 Å². The lowest BCUT2D eigenvalue weighted by atomic mass is 10.3. The number of pyridine rings is 1. The molecule has 0 N–H and O–H groups in total. The molecule has 0 atom stereocenters. The first-order chi connectivity index (χ1) is 11.0. The zero-order valence-corrected chi connectivity index (χ0v) is 16.8. The summed E-state index contributed by atoms with van der Waals surface area (Å²) in [5.41, 5.74) is 0.887. The van der Waals surface area contributed by atoms with E-state index in [-0.39, 0.29) is 24.5 Å². The molecular formula is C15H10I2N2O3S. The number of benzene rings is 1. The minimum Gasteiger partial charge on any atom is -0.457 e. The molecule has 0 unspecified atom stereocenters. The fourth-order valence-electron chi connectivity index (χ4n) is 1.97. The van der Waals surface area contributed by atoms with E-state index in [4.69, 9.17) is 4.74 Å². The summed E-state index contributed by atoms with van der Waals surface area (Å²) >= 11 is 5.44. The number of aromatic nitrogens is 2. The molecule has 0 aliphatic carbocycles. The molecule has 118 valence electrons. The van der Waals surface area contributed by atoms with Crippen molar-refractivity contribution in [1.29, 1.82) is 0 Å². The van der Waals surface area contributed by atoms with Crippen LogP contribution in [0.1, 0.15) is 5.01 Å². The van der Waals surface area contributed by atoms with Crippen LogP contribution in [0.4, 0.5) is 0 Å². The van der Waals surface area contributed by atoms with Crippen molar-refractivity contribution in [1.82, 2.24) is 9.55 Å². The van der Waals surface area contributed by atoms with Crippen molar-refractivity contribution in [3.8, 4) is 0 Å². The van der Waals surface area contributed by atoms with E-state index in [2.05, 4.69) is 4.98 Å². The average molecular weight is 552 g/mol. The van der Waals surface area contributed by atoms with Crippen LogP contribution >= 0.6 is 56.5 Å². The number of halogens is 2.